The van der Waals surface area contributed by atoms with Gasteiger partial charge in [-0.1, -0.05) is 197 Å². The van der Waals surface area contributed by atoms with Crippen LogP contribution in [0.1, 0.15) is 61.8 Å². The minimum Gasteiger partial charge on any atom is -0.310 e. The number of para-hydroxylation sites is 1. The molecular formula is C60H47N. The van der Waals surface area contributed by atoms with Gasteiger partial charge in [-0.2, -0.15) is 0 Å². The SMILES string of the molecule is CC1(C)c2ccccc2-c2cccc(-c3ccc(N(c4ccc5c(c4)C4(CCCC4)c4ccccc4-5)c4ccccc4-c4cccc5cccc(-c6ccccc6)c45)cc3)c21. The summed E-state index contributed by atoms with van der Waals surface area (Å²) < 4.78 is 0. The Balaban J connectivity index is 1.06. The molecule has 1 fully saturated rings. The van der Waals surface area contributed by atoms with E-state index in [2.05, 4.69) is 219 Å². The van der Waals surface area contributed by atoms with E-state index in [1.165, 1.54) is 126 Å². The Kier molecular flexibility index (Phi) is 8.13. The Morgan fingerprint density at radius 1 is 0.377 bits per heavy atom. The highest BCUT2D eigenvalue weighted by atomic mass is 15.1. The second kappa shape index (κ2) is 13.8. The lowest BCUT2D eigenvalue weighted by atomic mass is 9.76. The lowest BCUT2D eigenvalue weighted by Crippen LogP contribution is -2.21. The van der Waals surface area contributed by atoms with Crippen molar-refractivity contribution in [2.24, 2.45) is 0 Å². The molecule has 0 aliphatic heterocycles. The van der Waals surface area contributed by atoms with Crippen LogP contribution < -0.4 is 4.90 Å². The topological polar surface area (TPSA) is 3.24 Å². The highest BCUT2D eigenvalue weighted by molar-refractivity contribution is 6.09. The zero-order valence-corrected chi connectivity index (χ0v) is 34.8. The Bertz CT molecular complexity index is 3160. The van der Waals surface area contributed by atoms with Gasteiger partial charge in [0.2, 0.25) is 0 Å². The number of nitrogens with zero attached hydrogens (tertiary/aromatic N) is 1. The van der Waals surface area contributed by atoms with E-state index in [4.69, 9.17) is 0 Å². The molecule has 0 N–H and O–H groups in total. The quantitative estimate of drug-likeness (QED) is 0.162. The highest BCUT2D eigenvalue weighted by Crippen LogP contribution is 2.58. The minimum atomic E-state index is -0.0958. The van der Waals surface area contributed by atoms with E-state index in [-0.39, 0.29) is 10.8 Å². The second-order valence-electron chi connectivity index (χ2n) is 17.9. The normalized spacial score (nSPS) is 15.0. The van der Waals surface area contributed by atoms with E-state index < -0.39 is 0 Å². The molecule has 1 spiro atoms. The van der Waals surface area contributed by atoms with Crippen molar-refractivity contribution in [2.45, 2.75) is 50.4 Å². The lowest BCUT2D eigenvalue weighted by molar-refractivity contribution is 0.550. The smallest absolute Gasteiger partial charge is 0.0540 e. The largest absolute Gasteiger partial charge is 0.310 e. The van der Waals surface area contributed by atoms with Crippen LogP contribution in [-0.4, -0.2) is 0 Å². The Morgan fingerprint density at radius 3 is 1.69 bits per heavy atom. The van der Waals surface area contributed by atoms with E-state index in [1.807, 2.05) is 0 Å². The van der Waals surface area contributed by atoms with Gasteiger partial charge in [-0.3, -0.25) is 0 Å². The number of hydrogen-bond donors (Lipinski definition) is 0. The first kappa shape index (κ1) is 35.9. The lowest BCUT2D eigenvalue weighted by Gasteiger charge is -2.31. The van der Waals surface area contributed by atoms with Crippen LogP contribution in [0.15, 0.2) is 200 Å². The molecule has 292 valence electrons. The monoisotopic (exact) mass is 781 g/mol. The van der Waals surface area contributed by atoms with E-state index >= 15 is 0 Å². The summed E-state index contributed by atoms with van der Waals surface area (Å²) >= 11 is 0. The molecule has 61 heavy (non-hydrogen) atoms. The molecule has 0 heterocycles. The van der Waals surface area contributed by atoms with Crippen LogP contribution in [0.3, 0.4) is 0 Å². The Morgan fingerprint density at radius 2 is 0.918 bits per heavy atom. The van der Waals surface area contributed by atoms with Gasteiger partial charge in [-0.05, 0) is 126 Å². The molecule has 0 bridgehead atoms. The molecule has 0 unspecified atom stereocenters. The van der Waals surface area contributed by atoms with Crippen molar-refractivity contribution in [1.82, 2.24) is 0 Å². The fourth-order valence-electron chi connectivity index (χ4n) is 11.7. The molecule has 3 aliphatic carbocycles. The maximum atomic E-state index is 2.55. The molecular weight excluding hydrogens is 735 g/mol. The summed E-state index contributed by atoms with van der Waals surface area (Å²) in [5, 5.41) is 2.51. The number of hydrogen-bond acceptors (Lipinski definition) is 1. The number of fused-ring (bicyclic) bond motifs is 9. The van der Waals surface area contributed by atoms with Crippen LogP contribution in [-0.2, 0) is 10.8 Å². The van der Waals surface area contributed by atoms with E-state index in [0.29, 0.717) is 0 Å². The number of anilines is 3. The summed E-state index contributed by atoms with van der Waals surface area (Å²) in [5.41, 5.74) is 22.3. The predicted octanol–water partition coefficient (Wildman–Crippen LogP) is 16.5. The molecule has 9 aromatic rings. The summed E-state index contributed by atoms with van der Waals surface area (Å²) in [6, 6.07) is 75.2. The van der Waals surface area contributed by atoms with Crippen LogP contribution >= 0.6 is 0 Å². The first-order valence-corrected chi connectivity index (χ1v) is 22.1. The van der Waals surface area contributed by atoms with E-state index in [0.717, 1.165) is 5.69 Å². The van der Waals surface area contributed by atoms with Gasteiger partial charge in [0, 0.05) is 27.8 Å². The molecule has 3 aliphatic rings. The van der Waals surface area contributed by atoms with Gasteiger partial charge in [0.1, 0.15) is 0 Å². The van der Waals surface area contributed by atoms with Gasteiger partial charge >= 0.3 is 0 Å². The predicted molar refractivity (Wildman–Crippen MR) is 257 cm³/mol. The molecule has 9 aromatic carbocycles. The average molecular weight is 782 g/mol. The molecule has 0 saturated heterocycles. The number of benzene rings is 9. The first-order valence-electron chi connectivity index (χ1n) is 22.1. The van der Waals surface area contributed by atoms with Gasteiger partial charge in [-0.25, -0.2) is 0 Å². The Hall–Kier alpha value is -6.96. The maximum Gasteiger partial charge on any atom is 0.0540 e. The average Bonchev–Trinajstić information content (AvgIpc) is 3.99. The van der Waals surface area contributed by atoms with Crippen molar-refractivity contribution in [3.63, 3.8) is 0 Å². The summed E-state index contributed by atoms with van der Waals surface area (Å²) in [6.45, 7) is 4.77. The van der Waals surface area contributed by atoms with Gasteiger partial charge < -0.3 is 4.90 Å². The van der Waals surface area contributed by atoms with Crippen molar-refractivity contribution in [1.29, 1.82) is 0 Å². The highest BCUT2D eigenvalue weighted by Gasteiger charge is 2.45. The van der Waals surface area contributed by atoms with Crippen LogP contribution in [0.25, 0.3) is 66.4 Å². The molecule has 12 rings (SSSR count). The molecule has 0 aromatic heterocycles. The van der Waals surface area contributed by atoms with Crippen LogP contribution in [0.4, 0.5) is 17.1 Å². The zero-order chi connectivity index (χ0) is 40.7. The third-order valence-corrected chi connectivity index (χ3v) is 14.4. The van der Waals surface area contributed by atoms with Crippen LogP contribution in [0, 0.1) is 0 Å². The zero-order valence-electron chi connectivity index (χ0n) is 34.8. The summed E-state index contributed by atoms with van der Waals surface area (Å²) in [6.07, 6.45) is 4.93. The van der Waals surface area contributed by atoms with Gasteiger partial charge in [0.05, 0.1) is 5.69 Å². The summed E-state index contributed by atoms with van der Waals surface area (Å²) in [7, 11) is 0. The van der Waals surface area contributed by atoms with Crippen molar-refractivity contribution >= 4 is 27.8 Å². The molecule has 1 heteroatoms. The fourth-order valence-corrected chi connectivity index (χ4v) is 11.7. The van der Waals surface area contributed by atoms with Crippen molar-refractivity contribution < 1.29 is 0 Å². The second-order valence-corrected chi connectivity index (χ2v) is 17.9. The van der Waals surface area contributed by atoms with Crippen molar-refractivity contribution in [2.75, 3.05) is 4.90 Å². The molecule has 0 atom stereocenters. The molecule has 1 nitrogen and oxygen atoms in total. The maximum absolute atomic E-state index is 2.55. The van der Waals surface area contributed by atoms with Gasteiger partial charge in [-0.15, -0.1) is 0 Å². The third kappa shape index (κ3) is 5.39. The summed E-state index contributed by atoms with van der Waals surface area (Å²) in [5.74, 6) is 0. The molecule has 1 saturated carbocycles. The standard InChI is InChI=1S/C60H47N/c1-59(2)53-28-9-6-22-48(53)52-27-16-25-46(58(52)59)41-31-33-43(34-32-41)61(44-35-36-49-47-21-7-10-29-54(47)60(55(49)39-44)37-12-13-38-60)56-30-11-8-23-50(56)51-26-15-20-42-19-14-24-45(57(42)51)40-17-4-3-5-18-40/h3-11,14-36,39H,12-13,37-38H2,1-2H3. The van der Waals surface area contributed by atoms with Gasteiger partial charge in [0.25, 0.3) is 0 Å². The Labute approximate surface area is 359 Å². The third-order valence-electron chi connectivity index (χ3n) is 14.4. The van der Waals surface area contributed by atoms with Crippen molar-refractivity contribution in [3.8, 4) is 55.6 Å². The fraction of sp³-hybridized carbons (Fsp3) is 0.133. The van der Waals surface area contributed by atoms with Gasteiger partial charge in [0.15, 0.2) is 0 Å². The summed E-state index contributed by atoms with van der Waals surface area (Å²) in [4.78, 5) is 2.53. The van der Waals surface area contributed by atoms with Crippen LogP contribution in [0.2, 0.25) is 0 Å². The number of rotatable bonds is 6. The van der Waals surface area contributed by atoms with E-state index in [9.17, 15) is 0 Å². The van der Waals surface area contributed by atoms with Crippen LogP contribution in [0.5, 0.6) is 0 Å². The molecule has 0 radical (unpaired) electrons. The molecule has 0 amide bonds. The first-order chi connectivity index (χ1) is 30.0. The van der Waals surface area contributed by atoms with Crippen molar-refractivity contribution in [3.05, 3.63) is 222 Å². The minimum absolute atomic E-state index is 0.0647. The van der Waals surface area contributed by atoms with E-state index in [1.54, 1.807) is 0 Å².